The molecule has 192 valence electrons. The first-order valence-electron chi connectivity index (χ1n) is 13.4. The highest BCUT2D eigenvalue weighted by Gasteiger charge is 2.09. The number of unbranched alkanes of at least 4 members (excludes halogenated alkanes) is 13. The van der Waals surface area contributed by atoms with Gasteiger partial charge in [-0.2, -0.15) is 0 Å². The van der Waals surface area contributed by atoms with Crippen molar-refractivity contribution in [3.63, 3.8) is 0 Å². The minimum Gasteiger partial charge on any atom is -0.466 e. The van der Waals surface area contributed by atoms with E-state index in [1.165, 1.54) is 76.7 Å². The van der Waals surface area contributed by atoms with Crippen LogP contribution in [0.2, 0.25) is 0 Å². The molecule has 0 saturated carbocycles. The van der Waals surface area contributed by atoms with Crippen molar-refractivity contribution in [2.45, 2.75) is 129 Å². The number of allylic oxidation sites excluding steroid dienone is 3. The highest BCUT2D eigenvalue weighted by molar-refractivity contribution is 5.69. The van der Waals surface area contributed by atoms with E-state index in [-0.39, 0.29) is 5.97 Å². The molecule has 0 radical (unpaired) electrons. The summed E-state index contributed by atoms with van der Waals surface area (Å²) >= 11 is 0. The van der Waals surface area contributed by atoms with Crippen molar-refractivity contribution >= 4 is 5.97 Å². The molecule has 0 aromatic heterocycles. The summed E-state index contributed by atoms with van der Waals surface area (Å²) < 4.78 is 5.26. The van der Waals surface area contributed by atoms with Crippen LogP contribution in [0.25, 0.3) is 0 Å². The Bertz CT molecular complexity index is 657. The summed E-state index contributed by atoms with van der Waals surface area (Å²) in [5, 5.41) is 19.6. The molecule has 0 aliphatic rings. The third-order valence-electron chi connectivity index (χ3n) is 5.52. The molecule has 0 heterocycles. The number of esters is 1. The Morgan fingerprint density at radius 3 is 2.03 bits per heavy atom. The molecule has 4 heteroatoms. The molecule has 2 atom stereocenters. The topological polar surface area (TPSA) is 66.8 Å². The van der Waals surface area contributed by atoms with E-state index in [1.807, 2.05) is 6.92 Å². The van der Waals surface area contributed by atoms with Gasteiger partial charge in [-0.05, 0) is 44.1 Å². The summed E-state index contributed by atoms with van der Waals surface area (Å²) in [6.07, 6.45) is 23.1. The van der Waals surface area contributed by atoms with Crippen LogP contribution >= 0.6 is 0 Å². The lowest BCUT2D eigenvalue weighted by molar-refractivity contribution is -0.143. The fraction of sp³-hybridized carbons (Fsp3) is 0.700. The molecule has 0 unspecified atom stereocenters. The average molecular weight is 473 g/mol. The van der Waals surface area contributed by atoms with Crippen LogP contribution in [-0.2, 0) is 9.53 Å². The molecule has 0 aliphatic heterocycles. The molecule has 4 nitrogen and oxygen atoms in total. The molecule has 0 saturated heterocycles. The standard InChI is InChI=1S/C30H48O4/c1-3-5-7-9-10-11-12-13-14-15-16-18-22-26-30(33)34-27-23-19-21-25-29(32)28(31)24-20-17-8-6-4-2/h4,6,21,25,28-29,31-32H,3,5,7,9-16,18-19,22-23,26-27H2,1-2H3/b6-4+,25-21+/t28-,29-/m1/s1. The quantitative estimate of drug-likeness (QED) is 0.0900. The lowest BCUT2D eigenvalue weighted by Gasteiger charge is -2.07. The zero-order chi connectivity index (χ0) is 25.1. The largest absolute Gasteiger partial charge is 0.466 e. The highest BCUT2D eigenvalue weighted by Crippen LogP contribution is 2.13. The second kappa shape index (κ2) is 25.6. The number of aliphatic hydroxyl groups excluding tert-OH is 2. The minimum atomic E-state index is -1.17. The first-order chi connectivity index (χ1) is 16.6. The van der Waals surface area contributed by atoms with E-state index in [2.05, 4.69) is 30.6 Å². The van der Waals surface area contributed by atoms with Gasteiger partial charge in [-0.3, -0.25) is 4.79 Å². The van der Waals surface area contributed by atoms with Gasteiger partial charge in [0.05, 0.1) is 6.61 Å². The summed E-state index contributed by atoms with van der Waals surface area (Å²) in [5.74, 6) is 10.1. The summed E-state index contributed by atoms with van der Waals surface area (Å²) in [5.41, 5.74) is 0. The predicted molar refractivity (Wildman–Crippen MR) is 142 cm³/mol. The molecule has 0 amide bonds. The summed E-state index contributed by atoms with van der Waals surface area (Å²) in [6, 6.07) is 0. The van der Waals surface area contributed by atoms with Crippen LogP contribution < -0.4 is 0 Å². The maximum Gasteiger partial charge on any atom is 0.305 e. The normalized spacial score (nSPS) is 12.7. The Kier molecular flexibility index (Phi) is 24.1. The van der Waals surface area contributed by atoms with E-state index in [1.54, 1.807) is 18.2 Å². The summed E-state index contributed by atoms with van der Waals surface area (Å²) in [7, 11) is 0. The van der Waals surface area contributed by atoms with Crippen molar-refractivity contribution in [1.29, 1.82) is 0 Å². The monoisotopic (exact) mass is 472 g/mol. The van der Waals surface area contributed by atoms with Crippen LogP contribution in [0.5, 0.6) is 0 Å². The number of aliphatic hydroxyl groups is 2. The molecule has 0 spiro atoms. The van der Waals surface area contributed by atoms with Crippen LogP contribution in [0.1, 0.15) is 117 Å². The van der Waals surface area contributed by atoms with Crippen LogP contribution in [0.4, 0.5) is 0 Å². The van der Waals surface area contributed by atoms with E-state index in [9.17, 15) is 15.0 Å². The Labute approximate surface area is 209 Å². The molecule has 0 bridgehead atoms. The molecule has 0 aromatic carbocycles. The minimum absolute atomic E-state index is 0.128. The average Bonchev–Trinajstić information content (AvgIpc) is 2.83. The van der Waals surface area contributed by atoms with Crippen molar-refractivity contribution in [3.8, 4) is 23.7 Å². The third kappa shape index (κ3) is 23.2. The van der Waals surface area contributed by atoms with E-state index < -0.39 is 12.2 Å². The number of hydrogen-bond donors (Lipinski definition) is 2. The lowest BCUT2D eigenvalue weighted by atomic mass is 10.0. The molecule has 2 N–H and O–H groups in total. The van der Waals surface area contributed by atoms with Gasteiger partial charge in [0.2, 0.25) is 0 Å². The first-order valence-corrected chi connectivity index (χ1v) is 13.4. The van der Waals surface area contributed by atoms with Crippen LogP contribution in [0.3, 0.4) is 0 Å². The Morgan fingerprint density at radius 1 is 0.853 bits per heavy atom. The number of ether oxygens (including phenoxy) is 1. The van der Waals surface area contributed by atoms with Crippen LogP contribution in [-0.4, -0.2) is 35.0 Å². The van der Waals surface area contributed by atoms with E-state index in [0.29, 0.717) is 25.9 Å². The Morgan fingerprint density at radius 2 is 1.44 bits per heavy atom. The van der Waals surface area contributed by atoms with E-state index in [4.69, 9.17) is 4.74 Å². The van der Waals surface area contributed by atoms with Gasteiger partial charge in [-0.25, -0.2) is 0 Å². The van der Waals surface area contributed by atoms with E-state index in [0.717, 1.165) is 12.8 Å². The van der Waals surface area contributed by atoms with Gasteiger partial charge in [0, 0.05) is 6.42 Å². The maximum atomic E-state index is 11.8. The Balaban J connectivity index is 3.55. The van der Waals surface area contributed by atoms with Gasteiger partial charge in [-0.1, -0.05) is 114 Å². The van der Waals surface area contributed by atoms with Gasteiger partial charge < -0.3 is 14.9 Å². The second-order valence-corrected chi connectivity index (χ2v) is 8.76. The smallest absolute Gasteiger partial charge is 0.305 e. The molecular weight excluding hydrogens is 424 g/mol. The molecule has 0 fully saturated rings. The van der Waals surface area contributed by atoms with Gasteiger partial charge in [0.1, 0.15) is 12.2 Å². The van der Waals surface area contributed by atoms with Gasteiger partial charge in [0.25, 0.3) is 0 Å². The van der Waals surface area contributed by atoms with Gasteiger partial charge >= 0.3 is 5.97 Å². The van der Waals surface area contributed by atoms with Crippen molar-refractivity contribution in [1.82, 2.24) is 0 Å². The number of rotatable bonds is 20. The number of hydrogen-bond acceptors (Lipinski definition) is 4. The van der Waals surface area contributed by atoms with Crippen LogP contribution in [0, 0.1) is 23.7 Å². The van der Waals surface area contributed by atoms with Crippen molar-refractivity contribution in [2.75, 3.05) is 6.61 Å². The zero-order valence-electron chi connectivity index (χ0n) is 21.7. The molecule has 34 heavy (non-hydrogen) atoms. The predicted octanol–water partition coefficient (Wildman–Crippen LogP) is 6.65. The van der Waals surface area contributed by atoms with Crippen molar-refractivity contribution in [2.24, 2.45) is 0 Å². The Hall–Kier alpha value is -2.01. The summed E-state index contributed by atoms with van der Waals surface area (Å²) in [4.78, 5) is 11.8. The number of carbonyl (C=O) groups is 1. The second-order valence-electron chi connectivity index (χ2n) is 8.76. The fourth-order valence-corrected chi connectivity index (χ4v) is 3.44. The fourth-order valence-electron chi connectivity index (χ4n) is 3.44. The van der Waals surface area contributed by atoms with Crippen molar-refractivity contribution < 1.29 is 19.7 Å². The molecule has 0 aromatic rings. The molecular formula is C30H48O4. The van der Waals surface area contributed by atoms with Crippen LogP contribution in [0.15, 0.2) is 24.3 Å². The molecule has 0 aliphatic carbocycles. The van der Waals surface area contributed by atoms with Crippen molar-refractivity contribution in [3.05, 3.63) is 24.3 Å². The third-order valence-corrected chi connectivity index (χ3v) is 5.52. The first kappa shape index (κ1) is 32.0. The zero-order valence-corrected chi connectivity index (χ0v) is 21.7. The SMILES string of the molecule is C/C=C/C#CC#C[C@@H](O)[C@H](O)/C=C/CCCOC(=O)CCCCCCCCCCCCCCC. The van der Waals surface area contributed by atoms with Gasteiger partial charge in [0.15, 0.2) is 0 Å². The maximum absolute atomic E-state index is 11.8. The molecule has 0 rings (SSSR count). The summed E-state index contributed by atoms with van der Waals surface area (Å²) in [6.45, 7) is 4.49. The van der Waals surface area contributed by atoms with E-state index >= 15 is 0 Å². The van der Waals surface area contributed by atoms with Gasteiger partial charge in [-0.15, -0.1) is 0 Å². The number of carbonyl (C=O) groups excluding carboxylic acids is 1. The highest BCUT2D eigenvalue weighted by atomic mass is 16.5. The lowest BCUT2D eigenvalue weighted by Crippen LogP contribution is -2.21.